The number of carbonyl (C=O) groups excluding carboxylic acids is 1. The number of amides is 1. The van der Waals surface area contributed by atoms with Gasteiger partial charge in [-0.25, -0.2) is 5.06 Å². The van der Waals surface area contributed by atoms with Crippen molar-refractivity contribution in [1.29, 1.82) is 0 Å². The molecule has 1 heterocycles. The van der Waals surface area contributed by atoms with Crippen molar-refractivity contribution >= 4 is 5.91 Å². The summed E-state index contributed by atoms with van der Waals surface area (Å²) in [6, 6.07) is 9.94. The molecule has 0 saturated carbocycles. The highest BCUT2D eigenvalue weighted by Gasteiger charge is 2.29. The Hall–Kier alpha value is -1.47. The number of carbonyl (C=O) groups is 1. The number of hydroxylamine groups is 2. The molecule has 0 spiro atoms. The summed E-state index contributed by atoms with van der Waals surface area (Å²) >= 11 is 0. The summed E-state index contributed by atoms with van der Waals surface area (Å²) in [7, 11) is 0. The lowest BCUT2D eigenvalue weighted by atomic mass is 10.1. The average Bonchev–Trinajstić information content (AvgIpc) is 2.69. The van der Waals surface area contributed by atoms with Gasteiger partial charge in [-0.1, -0.05) is 30.3 Å². The largest absolute Gasteiger partial charge is 0.314 e. The molecular formula is C19H32N4O2. The van der Waals surface area contributed by atoms with Crippen LogP contribution in [0.4, 0.5) is 0 Å². The topological polar surface area (TPSA) is 56.8 Å². The molecule has 0 unspecified atom stereocenters. The minimum absolute atomic E-state index is 0.00248. The molecule has 1 saturated heterocycles. The lowest BCUT2D eigenvalue weighted by molar-refractivity contribution is -0.220. The molecule has 1 aromatic carbocycles. The standard InChI is InChI=1S/C19H32N4O2/c1-19(2,3)23(25-16-17-7-5-4-6-8-17)18(24)15-22-13-11-20-9-10-21-12-14-22/h4-8,20-21H,9-16H2,1-3H3. The molecule has 0 aliphatic carbocycles. The Labute approximate surface area is 151 Å². The molecule has 0 atom stereocenters. The summed E-state index contributed by atoms with van der Waals surface area (Å²) in [5.74, 6) is 0.00248. The number of hydrogen-bond donors (Lipinski definition) is 2. The van der Waals surface area contributed by atoms with Crippen LogP contribution in [0, 0.1) is 0 Å². The lowest BCUT2D eigenvalue weighted by Crippen LogP contribution is -2.50. The monoisotopic (exact) mass is 348 g/mol. The second-order valence-electron chi connectivity index (χ2n) is 7.39. The van der Waals surface area contributed by atoms with Crippen LogP contribution in [0.1, 0.15) is 26.3 Å². The molecule has 0 aromatic heterocycles. The van der Waals surface area contributed by atoms with Crippen molar-refractivity contribution in [1.82, 2.24) is 20.6 Å². The van der Waals surface area contributed by atoms with E-state index in [1.165, 1.54) is 5.06 Å². The molecule has 2 N–H and O–H groups in total. The van der Waals surface area contributed by atoms with Crippen molar-refractivity contribution in [3.63, 3.8) is 0 Å². The zero-order chi connectivity index (χ0) is 18.1. The van der Waals surface area contributed by atoms with E-state index in [-0.39, 0.29) is 11.4 Å². The maximum Gasteiger partial charge on any atom is 0.260 e. The van der Waals surface area contributed by atoms with E-state index in [2.05, 4.69) is 15.5 Å². The minimum Gasteiger partial charge on any atom is -0.314 e. The second kappa shape index (κ2) is 9.87. The zero-order valence-corrected chi connectivity index (χ0v) is 15.8. The molecule has 25 heavy (non-hydrogen) atoms. The fourth-order valence-corrected chi connectivity index (χ4v) is 2.78. The van der Waals surface area contributed by atoms with Gasteiger partial charge in [-0.2, -0.15) is 0 Å². The van der Waals surface area contributed by atoms with Gasteiger partial charge in [0.1, 0.15) is 6.61 Å². The molecule has 1 aliphatic rings. The van der Waals surface area contributed by atoms with E-state index in [1.807, 2.05) is 51.1 Å². The summed E-state index contributed by atoms with van der Waals surface area (Å²) < 4.78 is 0. The van der Waals surface area contributed by atoms with Crippen LogP contribution in [0.25, 0.3) is 0 Å². The van der Waals surface area contributed by atoms with E-state index < -0.39 is 0 Å². The van der Waals surface area contributed by atoms with Crippen molar-refractivity contribution in [3.8, 4) is 0 Å². The molecule has 140 valence electrons. The Morgan fingerprint density at radius 2 is 1.68 bits per heavy atom. The van der Waals surface area contributed by atoms with E-state index in [0.717, 1.165) is 44.8 Å². The van der Waals surface area contributed by atoms with Gasteiger partial charge >= 0.3 is 0 Å². The first-order chi connectivity index (χ1) is 12.0. The molecule has 2 rings (SSSR count). The highest BCUT2D eigenvalue weighted by molar-refractivity contribution is 5.78. The Balaban J connectivity index is 1.94. The number of nitrogens with zero attached hydrogens (tertiary/aromatic N) is 2. The first-order valence-corrected chi connectivity index (χ1v) is 9.10. The lowest BCUT2D eigenvalue weighted by Gasteiger charge is -2.35. The molecular weight excluding hydrogens is 316 g/mol. The predicted octanol–water partition coefficient (Wildman–Crippen LogP) is 1.24. The summed E-state index contributed by atoms with van der Waals surface area (Å²) in [6.45, 7) is 12.2. The fourth-order valence-electron chi connectivity index (χ4n) is 2.78. The molecule has 1 aliphatic heterocycles. The number of benzene rings is 1. The molecule has 0 bridgehead atoms. The third-order valence-electron chi connectivity index (χ3n) is 4.09. The van der Waals surface area contributed by atoms with Gasteiger partial charge in [0.25, 0.3) is 5.91 Å². The van der Waals surface area contributed by atoms with Crippen LogP contribution in [0.15, 0.2) is 30.3 Å². The number of rotatable bonds is 5. The molecule has 1 amide bonds. The summed E-state index contributed by atoms with van der Waals surface area (Å²) in [6.07, 6.45) is 0. The Morgan fingerprint density at radius 3 is 2.24 bits per heavy atom. The smallest absolute Gasteiger partial charge is 0.260 e. The molecule has 0 radical (unpaired) electrons. The zero-order valence-electron chi connectivity index (χ0n) is 15.8. The van der Waals surface area contributed by atoms with Gasteiger partial charge in [0, 0.05) is 39.3 Å². The average molecular weight is 348 g/mol. The van der Waals surface area contributed by atoms with Crippen molar-refractivity contribution in [2.75, 3.05) is 45.8 Å². The molecule has 6 heteroatoms. The van der Waals surface area contributed by atoms with Gasteiger partial charge in [-0.15, -0.1) is 0 Å². The van der Waals surface area contributed by atoms with Crippen molar-refractivity contribution in [2.45, 2.75) is 32.9 Å². The van der Waals surface area contributed by atoms with Crippen LogP contribution in [0.2, 0.25) is 0 Å². The fraction of sp³-hybridized carbons (Fsp3) is 0.632. The Morgan fingerprint density at radius 1 is 1.08 bits per heavy atom. The van der Waals surface area contributed by atoms with Gasteiger partial charge in [0.2, 0.25) is 0 Å². The first-order valence-electron chi connectivity index (χ1n) is 9.10. The molecule has 1 fully saturated rings. The van der Waals surface area contributed by atoms with Gasteiger partial charge in [-0.05, 0) is 26.3 Å². The third-order valence-corrected chi connectivity index (χ3v) is 4.09. The highest BCUT2D eigenvalue weighted by atomic mass is 16.7. The summed E-state index contributed by atoms with van der Waals surface area (Å²) in [5.41, 5.74) is 0.669. The number of hydrogen-bond acceptors (Lipinski definition) is 5. The predicted molar refractivity (Wildman–Crippen MR) is 100 cm³/mol. The van der Waals surface area contributed by atoms with Crippen molar-refractivity contribution < 1.29 is 9.63 Å². The van der Waals surface area contributed by atoms with E-state index in [4.69, 9.17) is 4.84 Å². The van der Waals surface area contributed by atoms with Gasteiger partial charge in [0.05, 0.1) is 12.1 Å². The number of nitrogens with one attached hydrogen (secondary N) is 2. The minimum atomic E-state index is -0.387. The normalized spacial score (nSPS) is 17.4. The Bertz CT molecular complexity index is 506. The van der Waals surface area contributed by atoms with Crippen molar-refractivity contribution in [2.24, 2.45) is 0 Å². The highest BCUT2D eigenvalue weighted by Crippen LogP contribution is 2.16. The second-order valence-corrected chi connectivity index (χ2v) is 7.39. The molecule has 1 aromatic rings. The van der Waals surface area contributed by atoms with Gasteiger partial charge in [0.15, 0.2) is 0 Å². The van der Waals surface area contributed by atoms with Gasteiger partial charge in [-0.3, -0.25) is 14.5 Å². The quantitative estimate of drug-likeness (QED) is 0.784. The van der Waals surface area contributed by atoms with E-state index in [9.17, 15) is 4.79 Å². The van der Waals surface area contributed by atoms with E-state index >= 15 is 0 Å². The van der Waals surface area contributed by atoms with Crippen LogP contribution in [0.5, 0.6) is 0 Å². The van der Waals surface area contributed by atoms with Crippen LogP contribution in [-0.2, 0) is 16.2 Å². The van der Waals surface area contributed by atoms with Crippen LogP contribution in [0.3, 0.4) is 0 Å². The maximum absolute atomic E-state index is 12.9. The van der Waals surface area contributed by atoms with Crippen LogP contribution in [-0.4, -0.2) is 67.2 Å². The van der Waals surface area contributed by atoms with Gasteiger partial charge < -0.3 is 10.6 Å². The maximum atomic E-state index is 12.9. The summed E-state index contributed by atoms with van der Waals surface area (Å²) in [5, 5.41) is 8.29. The van der Waals surface area contributed by atoms with Crippen molar-refractivity contribution in [3.05, 3.63) is 35.9 Å². The Kier molecular flexibility index (Phi) is 7.84. The van der Waals surface area contributed by atoms with E-state index in [1.54, 1.807) is 0 Å². The van der Waals surface area contributed by atoms with Crippen LogP contribution < -0.4 is 10.6 Å². The summed E-state index contributed by atoms with van der Waals surface area (Å²) in [4.78, 5) is 21.0. The molecule has 6 nitrogen and oxygen atoms in total. The van der Waals surface area contributed by atoms with Crippen LogP contribution >= 0.6 is 0 Å². The van der Waals surface area contributed by atoms with E-state index in [0.29, 0.717) is 13.2 Å². The third kappa shape index (κ3) is 7.12. The first kappa shape index (κ1) is 19.8. The SMILES string of the molecule is CC(C)(C)N(OCc1ccccc1)C(=O)CN1CCNCCNCC1.